The molecule has 1 aliphatic heterocycles. The fourth-order valence-electron chi connectivity index (χ4n) is 2.29. The summed E-state index contributed by atoms with van der Waals surface area (Å²) in [6, 6.07) is 6.81. The molecule has 2 N–H and O–H groups in total. The van der Waals surface area contributed by atoms with Crippen LogP contribution in [0.2, 0.25) is 0 Å². The third-order valence-corrected chi connectivity index (χ3v) is 3.87. The summed E-state index contributed by atoms with van der Waals surface area (Å²) in [5.74, 6) is -1.81. The maximum absolute atomic E-state index is 12.2. The van der Waals surface area contributed by atoms with E-state index in [4.69, 9.17) is 9.84 Å². The number of ether oxygens (including phenoxy) is 1. The zero-order valence-electron chi connectivity index (χ0n) is 12.5. The van der Waals surface area contributed by atoms with Crippen LogP contribution in [0, 0.1) is 0 Å². The first kappa shape index (κ1) is 17.4. The Morgan fingerprint density at radius 1 is 1.39 bits per heavy atom. The van der Waals surface area contributed by atoms with Gasteiger partial charge in [0.25, 0.3) is 5.91 Å². The first-order valence-corrected chi connectivity index (χ1v) is 7.86. The Bertz CT molecular complexity index is 622. The van der Waals surface area contributed by atoms with Gasteiger partial charge in [-0.3, -0.25) is 9.59 Å². The minimum Gasteiger partial charge on any atom is -0.479 e. The van der Waals surface area contributed by atoms with Crippen LogP contribution in [0.15, 0.2) is 28.7 Å². The zero-order chi connectivity index (χ0) is 17.0. The predicted octanol–water partition coefficient (Wildman–Crippen LogP) is 0.879. The van der Waals surface area contributed by atoms with Gasteiger partial charge in [0.05, 0.1) is 19.2 Å². The molecule has 0 spiro atoms. The van der Waals surface area contributed by atoms with E-state index in [1.54, 1.807) is 31.2 Å². The van der Waals surface area contributed by atoms with Crippen molar-refractivity contribution in [3.8, 4) is 0 Å². The summed E-state index contributed by atoms with van der Waals surface area (Å²) in [6.45, 7) is 1.79. The number of nitrogens with one attached hydrogen (secondary N) is 1. The maximum Gasteiger partial charge on any atom is 0.334 e. The van der Waals surface area contributed by atoms with Gasteiger partial charge in [0, 0.05) is 16.6 Å². The molecule has 2 amide bonds. The van der Waals surface area contributed by atoms with E-state index in [2.05, 4.69) is 21.2 Å². The maximum atomic E-state index is 12.2. The van der Waals surface area contributed by atoms with E-state index in [0.29, 0.717) is 12.1 Å². The Morgan fingerprint density at radius 3 is 2.78 bits per heavy atom. The number of halogens is 1. The number of hydrogen-bond donors (Lipinski definition) is 2. The van der Waals surface area contributed by atoms with E-state index in [1.807, 2.05) is 0 Å². The summed E-state index contributed by atoms with van der Waals surface area (Å²) >= 11 is 3.28. The van der Waals surface area contributed by atoms with Crippen LogP contribution < -0.4 is 5.32 Å². The van der Waals surface area contributed by atoms with Gasteiger partial charge in [-0.2, -0.15) is 0 Å². The molecule has 1 fully saturated rings. The van der Waals surface area contributed by atoms with Crippen molar-refractivity contribution in [1.29, 1.82) is 0 Å². The molecule has 0 aliphatic carbocycles. The first-order valence-electron chi connectivity index (χ1n) is 7.06. The van der Waals surface area contributed by atoms with E-state index in [0.717, 1.165) is 4.47 Å². The Labute approximate surface area is 141 Å². The molecule has 1 unspecified atom stereocenters. The summed E-state index contributed by atoms with van der Waals surface area (Å²) in [5.41, 5.74) is 0.436. The zero-order valence-corrected chi connectivity index (χ0v) is 14.1. The fraction of sp³-hybridized carbons (Fsp3) is 0.400. The van der Waals surface area contributed by atoms with Gasteiger partial charge in [-0.1, -0.05) is 22.0 Å². The third kappa shape index (κ3) is 4.77. The van der Waals surface area contributed by atoms with Crippen LogP contribution in [0.5, 0.6) is 0 Å². The molecular formula is C15H17BrN2O5. The first-order chi connectivity index (χ1) is 10.9. The van der Waals surface area contributed by atoms with E-state index < -0.39 is 12.1 Å². The van der Waals surface area contributed by atoms with Gasteiger partial charge in [-0.05, 0) is 25.1 Å². The molecular weight excluding hydrogens is 368 g/mol. The average molecular weight is 385 g/mol. The monoisotopic (exact) mass is 384 g/mol. The summed E-state index contributed by atoms with van der Waals surface area (Å²) in [5, 5.41) is 11.6. The van der Waals surface area contributed by atoms with E-state index in [-0.39, 0.29) is 31.0 Å². The second kappa shape index (κ2) is 7.56. The number of rotatable bonds is 4. The van der Waals surface area contributed by atoms with E-state index >= 15 is 0 Å². The van der Waals surface area contributed by atoms with Crippen LogP contribution in [-0.4, -0.2) is 59.6 Å². The van der Waals surface area contributed by atoms with E-state index in [1.165, 1.54) is 4.90 Å². The molecule has 0 bridgehead atoms. The van der Waals surface area contributed by atoms with Crippen molar-refractivity contribution in [2.75, 3.05) is 19.6 Å². The van der Waals surface area contributed by atoms with Crippen molar-refractivity contribution in [3.05, 3.63) is 34.3 Å². The molecule has 1 heterocycles. The van der Waals surface area contributed by atoms with Gasteiger partial charge in [0.15, 0.2) is 6.10 Å². The topological polar surface area (TPSA) is 95.9 Å². The largest absolute Gasteiger partial charge is 0.479 e. The van der Waals surface area contributed by atoms with Crippen LogP contribution in [0.1, 0.15) is 17.3 Å². The molecule has 2 atom stereocenters. The molecule has 0 aromatic heterocycles. The van der Waals surface area contributed by atoms with Crippen LogP contribution in [0.25, 0.3) is 0 Å². The molecule has 8 heteroatoms. The Balaban J connectivity index is 1.91. The van der Waals surface area contributed by atoms with Crippen molar-refractivity contribution >= 4 is 33.7 Å². The highest BCUT2D eigenvalue weighted by molar-refractivity contribution is 9.10. The normalized spacial score (nSPS) is 20.9. The molecule has 2 rings (SSSR count). The number of aliphatic carboxylic acids is 1. The third-order valence-electron chi connectivity index (χ3n) is 3.38. The SMILES string of the molecule is C[C@@H]1CN(C(=O)CNC(=O)c2cccc(Br)c2)CC(C(=O)O)O1. The highest BCUT2D eigenvalue weighted by atomic mass is 79.9. The highest BCUT2D eigenvalue weighted by Crippen LogP contribution is 2.13. The quantitative estimate of drug-likeness (QED) is 0.802. The lowest BCUT2D eigenvalue weighted by atomic mass is 10.2. The molecule has 0 radical (unpaired) electrons. The number of carboxylic acid groups (broad SMARTS) is 1. The van der Waals surface area contributed by atoms with Crippen LogP contribution >= 0.6 is 15.9 Å². The molecule has 1 aromatic rings. The summed E-state index contributed by atoms with van der Waals surface area (Å²) in [7, 11) is 0. The smallest absolute Gasteiger partial charge is 0.334 e. The van der Waals surface area contributed by atoms with Gasteiger partial charge < -0.3 is 20.1 Å². The minimum absolute atomic E-state index is 0.0226. The number of carboxylic acids is 1. The number of hydrogen-bond acceptors (Lipinski definition) is 4. The van der Waals surface area contributed by atoms with Crippen molar-refractivity contribution in [1.82, 2.24) is 10.2 Å². The number of amides is 2. The molecule has 1 aliphatic rings. The minimum atomic E-state index is -1.10. The van der Waals surface area contributed by atoms with Gasteiger partial charge in [0.2, 0.25) is 5.91 Å². The van der Waals surface area contributed by atoms with Crippen LogP contribution in [-0.2, 0) is 14.3 Å². The molecule has 1 saturated heterocycles. The van der Waals surface area contributed by atoms with Gasteiger partial charge >= 0.3 is 5.97 Å². The summed E-state index contributed by atoms with van der Waals surface area (Å²) in [6.07, 6.45) is -1.40. The van der Waals surface area contributed by atoms with Gasteiger partial charge in [-0.15, -0.1) is 0 Å². The second-order valence-electron chi connectivity index (χ2n) is 5.27. The molecule has 23 heavy (non-hydrogen) atoms. The number of morpholine rings is 1. The second-order valence-corrected chi connectivity index (χ2v) is 6.18. The number of carbonyl (C=O) groups excluding carboxylic acids is 2. The van der Waals surface area contributed by atoms with Crippen LogP contribution in [0.3, 0.4) is 0 Å². The summed E-state index contributed by atoms with van der Waals surface area (Å²) < 4.78 is 6.02. The Kier molecular flexibility index (Phi) is 5.73. The Morgan fingerprint density at radius 2 is 2.13 bits per heavy atom. The molecule has 124 valence electrons. The van der Waals surface area contributed by atoms with Crippen molar-refractivity contribution in [2.24, 2.45) is 0 Å². The lowest BCUT2D eigenvalue weighted by Crippen LogP contribution is -2.53. The highest BCUT2D eigenvalue weighted by Gasteiger charge is 2.32. The van der Waals surface area contributed by atoms with Gasteiger partial charge in [0.1, 0.15) is 0 Å². The van der Waals surface area contributed by atoms with Crippen molar-refractivity contribution in [2.45, 2.75) is 19.1 Å². The standard InChI is InChI=1S/C15H17BrN2O5/c1-9-7-18(8-12(23-9)15(21)22)13(19)6-17-14(20)10-3-2-4-11(16)5-10/h2-5,9,12H,6-8H2,1H3,(H,17,20)(H,21,22)/t9-,12?/m1/s1. The predicted molar refractivity (Wildman–Crippen MR) is 85.0 cm³/mol. The molecule has 0 saturated carbocycles. The lowest BCUT2D eigenvalue weighted by Gasteiger charge is -2.34. The average Bonchev–Trinajstić information content (AvgIpc) is 2.51. The van der Waals surface area contributed by atoms with Crippen LogP contribution in [0.4, 0.5) is 0 Å². The molecule has 7 nitrogen and oxygen atoms in total. The Hall–Kier alpha value is -1.93. The number of carbonyl (C=O) groups is 3. The van der Waals surface area contributed by atoms with Gasteiger partial charge in [-0.25, -0.2) is 4.79 Å². The summed E-state index contributed by atoms with van der Waals surface area (Å²) in [4.78, 5) is 36.6. The molecule has 1 aromatic carbocycles. The number of benzene rings is 1. The number of nitrogens with zero attached hydrogens (tertiary/aromatic N) is 1. The van der Waals surface area contributed by atoms with E-state index in [9.17, 15) is 14.4 Å². The fourth-order valence-corrected chi connectivity index (χ4v) is 2.69. The van der Waals surface area contributed by atoms with Crippen molar-refractivity contribution in [3.63, 3.8) is 0 Å². The van der Waals surface area contributed by atoms with Crippen molar-refractivity contribution < 1.29 is 24.2 Å². The lowest BCUT2D eigenvalue weighted by molar-refractivity contribution is -0.166.